The van der Waals surface area contributed by atoms with Crippen molar-refractivity contribution >= 4 is 6.03 Å². The Bertz CT molecular complexity index is 861. The maximum absolute atomic E-state index is 12.8. The highest BCUT2D eigenvalue weighted by Crippen LogP contribution is 2.17. The van der Waals surface area contributed by atoms with Gasteiger partial charge in [0.05, 0.1) is 12.2 Å². The predicted molar refractivity (Wildman–Crippen MR) is 96.8 cm³/mol. The Kier molecular flexibility index (Phi) is 5.58. The SMILES string of the molecule is Cc1cc(-c2cccnc2)nn1CCNC(=O)NCc1ccc(F)cc1. The summed E-state index contributed by atoms with van der Waals surface area (Å²) in [7, 11) is 0. The summed E-state index contributed by atoms with van der Waals surface area (Å²) in [6.45, 7) is 3.33. The molecule has 6 nitrogen and oxygen atoms in total. The van der Waals surface area contributed by atoms with Crippen LogP contribution in [0.5, 0.6) is 0 Å². The number of nitrogens with zero attached hydrogens (tertiary/aromatic N) is 3. The molecule has 26 heavy (non-hydrogen) atoms. The van der Waals surface area contributed by atoms with E-state index in [1.807, 2.05) is 29.8 Å². The van der Waals surface area contributed by atoms with Gasteiger partial charge in [0.25, 0.3) is 0 Å². The van der Waals surface area contributed by atoms with E-state index in [2.05, 4.69) is 20.7 Å². The first-order valence-electron chi connectivity index (χ1n) is 8.33. The molecule has 0 atom stereocenters. The maximum atomic E-state index is 12.8. The van der Waals surface area contributed by atoms with E-state index in [0.717, 1.165) is 22.5 Å². The number of aromatic nitrogens is 3. The molecule has 3 aromatic rings. The van der Waals surface area contributed by atoms with Crippen molar-refractivity contribution in [1.82, 2.24) is 25.4 Å². The normalized spacial score (nSPS) is 10.5. The highest BCUT2D eigenvalue weighted by Gasteiger charge is 2.07. The molecule has 0 radical (unpaired) electrons. The fraction of sp³-hybridized carbons (Fsp3) is 0.211. The number of carbonyl (C=O) groups excluding carboxylic acids is 1. The standard InChI is InChI=1S/C19H20FN5O/c1-14-11-18(16-3-2-8-21-13-16)24-25(14)10-9-22-19(26)23-12-15-4-6-17(20)7-5-15/h2-8,11,13H,9-10,12H2,1H3,(H2,22,23,26). The second-order valence-electron chi connectivity index (χ2n) is 5.87. The van der Waals surface area contributed by atoms with E-state index >= 15 is 0 Å². The summed E-state index contributed by atoms with van der Waals surface area (Å²) >= 11 is 0. The molecule has 0 saturated carbocycles. The van der Waals surface area contributed by atoms with Crippen LogP contribution in [0.4, 0.5) is 9.18 Å². The Morgan fingerprint density at radius 1 is 1.19 bits per heavy atom. The smallest absolute Gasteiger partial charge is 0.315 e. The predicted octanol–water partition coefficient (Wildman–Crippen LogP) is 2.89. The van der Waals surface area contributed by atoms with Crippen LogP contribution in [-0.4, -0.2) is 27.3 Å². The minimum absolute atomic E-state index is 0.272. The molecule has 7 heteroatoms. The van der Waals surface area contributed by atoms with Crippen molar-refractivity contribution in [1.29, 1.82) is 0 Å². The number of urea groups is 1. The number of pyridine rings is 1. The molecule has 0 aliphatic carbocycles. The van der Waals surface area contributed by atoms with E-state index in [1.165, 1.54) is 12.1 Å². The van der Waals surface area contributed by atoms with Gasteiger partial charge in [-0.25, -0.2) is 9.18 Å². The average molecular weight is 353 g/mol. The van der Waals surface area contributed by atoms with Gasteiger partial charge in [0, 0.05) is 36.7 Å². The molecular weight excluding hydrogens is 333 g/mol. The largest absolute Gasteiger partial charge is 0.336 e. The molecule has 134 valence electrons. The lowest BCUT2D eigenvalue weighted by atomic mass is 10.2. The Morgan fingerprint density at radius 3 is 2.73 bits per heavy atom. The molecular formula is C19H20FN5O. The highest BCUT2D eigenvalue weighted by molar-refractivity contribution is 5.73. The van der Waals surface area contributed by atoms with Gasteiger partial charge in [-0.15, -0.1) is 0 Å². The number of halogens is 1. The number of rotatable bonds is 6. The number of hydrogen-bond acceptors (Lipinski definition) is 3. The summed E-state index contributed by atoms with van der Waals surface area (Å²) < 4.78 is 14.7. The fourth-order valence-corrected chi connectivity index (χ4v) is 2.51. The fourth-order valence-electron chi connectivity index (χ4n) is 2.51. The van der Waals surface area contributed by atoms with Crippen LogP contribution in [0, 0.1) is 12.7 Å². The third-order valence-corrected chi connectivity index (χ3v) is 3.91. The molecule has 3 rings (SSSR count). The summed E-state index contributed by atoms with van der Waals surface area (Å²) in [5.41, 5.74) is 3.67. The van der Waals surface area contributed by atoms with Gasteiger partial charge in [0.1, 0.15) is 5.82 Å². The number of hydrogen-bond donors (Lipinski definition) is 2. The number of carbonyl (C=O) groups is 1. The highest BCUT2D eigenvalue weighted by atomic mass is 19.1. The van der Waals surface area contributed by atoms with E-state index in [-0.39, 0.29) is 11.8 Å². The molecule has 0 spiro atoms. The third-order valence-electron chi connectivity index (χ3n) is 3.91. The van der Waals surface area contributed by atoms with Gasteiger partial charge in [-0.2, -0.15) is 5.10 Å². The van der Waals surface area contributed by atoms with E-state index in [4.69, 9.17) is 0 Å². The van der Waals surface area contributed by atoms with Gasteiger partial charge in [-0.05, 0) is 42.8 Å². The first kappa shape index (κ1) is 17.6. The number of nitrogens with one attached hydrogen (secondary N) is 2. The second kappa shape index (κ2) is 8.24. The lowest BCUT2D eigenvalue weighted by Gasteiger charge is -2.09. The van der Waals surface area contributed by atoms with E-state index in [9.17, 15) is 9.18 Å². The minimum atomic E-state index is -0.293. The zero-order valence-electron chi connectivity index (χ0n) is 14.4. The topological polar surface area (TPSA) is 71.8 Å². The van der Waals surface area contributed by atoms with Crippen molar-refractivity contribution < 1.29 is 9.18 Å². The van der Waals surface area contributed by atoms with Gasteiger partial charge in [-0.3, -0.25) is 9.67 Å². The van der Waals surface area contributed by atoms with Crippen molar-refractivity contribution in [2.24, 2.45) is 0 Å². The lowest BCUT2D eigenvalue weighted by Crippen LogP contribution is -2.37. The van der Waals surface area contributed by atoms with Crippen LogP contribution >= 0.6 is 0 Å². The zero-order valence-corrected chi connectivity index (χ0v) is 14.4. The quantitative estimate of drug-likeness (QED) is 0.716. The van der Waals surface area contributed by atoms with Crippen LogP contribution in [0.15, 0.2) is 54.9 Å². The van der Waals surface area contributed by atoms with Crippen molar-refractivity contribution in [2.75, 3.05) is 6.54 Å². The van der Waals surface area contributed by atoms with Crippen molar-refractivity contribution in [3.05, 3.63) is 71.9 Å². The Morgan fingerprint density at radius 2 is 2.00 bits per heavy atom. The molecule has 0 fully saturated rings. The molecule has 0 unspecified atom stereocenters. The van der Waals surface area contributed by atoms with Gasteiger partial charge in [-0.1, -0.05) is 12.1 Å². The Hall–Kier alpha value is -3.22. The lowest BCUT2D eigenvalue weighted by molar-refractivity contribution is 0.240. The van der Waals surface area contributed by atoms with Crippen LogP contribution in [0.25, 0.3) is 11.3 Å². The van der Waals surface area contributed by atoms with Gasteiger partial charge in [0.15, 0.2) is 0 Å². The van der Waals surface area contributed by atoms with E-state index < -0.39 is 0 Å². The molecule has 2 N–H and O–H groups in total. The first-order chi connectivity index (χ1) is 12.6. The van der Waals surface area contributed by atoms with E-state index in [1.54, 1.807) is 24.5 Å². The summed E-state index contributed by atoms with van der Waals surface area (Å²) in [5.74, 6) is -0.293. The first-order valence-corrected chi connectivity index (χ1v) is 8.33. The summed E-state index contributed by atoms with van der Waals surface area (Å²) in [6, 6.07) is 11.6. The molecule has 0 saturated heterocycles. The molecule has 0 aliphatic rings. The summed E-state index contributed by atoms with van der Waals surface area (Å²) in [6.07, 6.45) is 3.50. The number of benzene rings is 1. The summed E-state index contributed by atoms with van der Waals surface area (Å²) in [4.78, 5) is 16.0. The second-order valence-corrected chi connectivity index (χ2v) is 5.87. The van der Waals surface area contributed by atoms with Crippen molar-refractivity contribution in [2.45, 2.75) is 20.0 Å². The van der Waals surface area contributed by atoms with Crippen LogP contribution in [0.3, 0.4) is 0 Å². The van der Waals surface area contributed by atoms with Gasteiger partial charge >= 0.3 is 6.03 Å². The average Bonchev–Trinajstić information content (AvgIpc) is 3.03. The third kappa shape index (κ3) is 4.66. The minimum Gasteiger partial charge on any atom is -0.336 e. The Balaban J connectivity index is 1.46. The molecule has 0 aliphatic heterocycles. The number of aryl methyl sites for hydroxylation is 1. The molecule has 2 amide bonds. The Labute approximate surface area is 151 Å². The monoisotopic (exact) mass is 353 g/mol. The van der Waals surface area contributed by atoms with Crippen LogP contribution in [-0.2, 0) is 13.1 Å². The molecule has 1 aromatic carbocycles. The molecule has 0 bridgehead atoms. The number of amides is 2. The molecule has 2 aromatic heterocycles. The van der Waals surface area contributed by atoms with Crippen LogP contribution < -0.4 is 10.6 Å². The van der Waals surface area contributed by atoms with Crippen LogP contribution in [0.1, 0.15) is 11.3 Å². The summed E-state index contributed by atoms with van der Waals surface area (Å²) in [5, 5.41) is 10.1. The van der Waals surface area contributed by atoms with Crippen molar-refractivity contribution in [3.63, 3.8) is 0 Å². The zero-order chi connectivity index (χ0) is 18.4. The van der Waals surface area contributed by atoms with Gasteiger partial charge in [0.2, 0.25) is 0 Å². The maximum Gasteiger partial charge on any atom is 0.315 e. The molecule has 2 heterocycles. The van der Waals surface area contributed by atoms with Crippen LogP contribution in [0.2, 0.25) is 0 Å². The van der Waals surface area contributed by atoms with E-state index in [0.29, 0.717) is 19.6 Å². The van der Waals surface area contributed by atoms with Crippen molar-refractivity contribution in [3.8, 4) is 11.3 Å². The van der Waals surface area contributed by atoms with Gasteiger partial charge < -0.3 is 10.6 Å².